The van der Waals surface area contributed by atoms with Gasteiger partial charge in [-0.2, -0.15) is 10.4 Å². The van der Waals surface area contributed by atoms with Crippen molar-refractivity contribution < 1.29 is 12.8 Å². The van der Waals surface area contributed by atoms with Gasteiger partial charge in [-0.15, -0.1) is 0 Å². The Morgan fingerprint density at radius 3 is 2.74 bits per heavy atom. The topological polar surface area (TPSA) is 102 Å². The zero-order valence-electron chi connectivity index (χ0n) is 14.1. The molecule has 0 radical (unpaired) electrons. The lowest BCUT2D eigenvalue weighted by atomic mass is 10.0. The number of nitrogens with two attached hydrogens (primary N) is 1. The van der Waals surface area contributed by atoms with Crippen LogP contribution < -0.4 is 5.14 Å². The largest absolute Gasteiger partial charge is 0.264 e. The average molecular weight is 407 g/mol. The van der Waals surface area contributed by atoms with Crippen LogP contribution in [0.4, 0.5) is 4.39 Å². The SMILES string of the molecule is N#CCCCn1ncc2cccc(C(c3ccc(Cl)cc3F)S(N)(=O)=O)c21. The third kappa shape index (κ3) is 3.95. The van der Waals surface area contributed by atoms with Crippen LogP contribution in [0.2, 0.25) is 5.02 Å². The Morgan fingerprint density at radius 2 is 2.07 bits per heavy atom. The molecule has 3 rings (SSSR count). The van der Waals surface area contributed by atoms with Crippen molar-refractivity contribution >= 4 is 32.5 Å². The predicted molar refractivity (Wildman–Crippen MR) is 101 cm³/mol. The lowest BCUT2D eigenvalue weighted by Gasteiger charge is -2.19. The van der Waals surface area contributed by atoms with Gasteiger partial charge in [-0.3, -0.25) is 4.68 Å². The van der Waals surface area contributed by atoms with Gasteiger partial charge in [0, 0.05) is 34.5 Å². The highest BCUT2D eigenvalue weighted by Crippen LogP contribution is 2.35. The van der Waals surface area contributed by atoms with Crippen molar-refractivity contribution in [2.75, 3.05) is 0 Å². The molecule has 1 atom stereocenters. The second kappa shape index (κ2) is 7.64. The fraction of sp³-hybridized carbons (Fsp3) is 0.222. The number of benzene rings is 2. The molecule has 0 aliphatic heterocycles. The minimum Gasteiger partial charge on any atom is -0.264 e. The molecular weight excluding hydrogens is 391 g/mol. The molecule has 1 aromatic heterocycles. The van der Waals surface area contributed by atoms with Gasteiger partial charge in [0.25, 0.3) is 0 Å². The minimum atomic E-state index is -4.19. The molecule has 0 aliphatic carbocycles. The number of nitrogens with zero attached hydrogens (tertiary/aromatic N) is 3. The first kappa shape index (κ1) is 19.3. The van der Waals surface area contributed by atoms with Gasteiger partial charge in [-0.05, 0) is 18.6 Å². The summed E-state index contributed by atoms with van der Waals surface area (Å²) in [6.07, 6.45) is 2.49. The third-order valence-corrected chi connectivity index (χ3v) is 5.61. The number of sulfonamides is 1. The van der Waals surface area contributed by atoms with Crippen LogP contribution in [0.3, 0.4) is 0 Å². The monoisotopic (exact) mass is 406 g/mol. The van der Waals surface area contributed by atoms with E-state index in [9.17, 15) is 12.8 Å². The van der Waals surface area contributed by atoms with Crippen LogP contribution in [0.15, 0.2) is 42.6 Å². The maximum atomic E-state index is 14.5. The van der Waals surface area contributed by atoms with Gasteiger partial charge in [0.2, 0.25) is 10.0 Å². The molecule has 0 fully saturated rings. The summed E-state index contributed by atoms with van der Waals surface area (Å²) in [6, 6.07) is 10.9. The number of hydrogen-bond donors (Lipinski definition) is 1. The number of para-hydroxylation sites is 1. The predicted octanol–water partition coefficient (Wildman–Crippen LogP) is 3.51. The van der Waals surface area contributed by atoms with E-state index in [-0.39, 0.29) is 10.6 Å². The highest BCUT2D eigenvalue weighted by molar-refractivity contribution is 7.89. The average Bonchev–Trinajstić information content (AvgIpc) is 3.00. The third-order valence-electron chi connectivity index (χ3n) is 4.21. The van der Waals surface area contributed by atoms with Crippen LogP contribution in [0.5, 0.6) is 0 Å². The van der Waals surface area contributed by atoms with E-state index in [4.69, 9.17) is 22.0 Å². The normalized spacial score (nSPS) is 12.8. The number of primary sulfonamides is 1. The van der Waals surface area contributed by atoms with Crippen LogP contribution in [0.1, 0.15) is 29.2 Å². The molecule has 6 nitrogen and oxygen atoms in total. The second-order valence-corrected chi connectivity index (χ2v) is 8.14. The lowest BCUT2D eigenvalue weighted by Crippen LogP contribution is -2.24. The van der Waals surface area contributed by atoms with Crippen molar-refractivity contribution in [3.63, 3.8) is 0 Å². The zero-order chi connectivity index (χ0) is 19.6. The molecule has 0 bridgehead atoms. The number of aromatic nitrogens is 2. The van der Waals surface area contributed by atoms with E-state index in [2.05, 4.69) is 11.2 Å². The zero-order valence-corrected chi connectivity index (χ0v) is 15.7. The molecule has 2 N–H and O–H groups in total. The summed E-state index contributed by atoms with van der Waals surface area (Å²) in [7, 11) is -4.19. The van der Waals surface area contributed by atoms with Gasteiger partial charge >= 0.3 is 0 Å². The van der Waals surface area contributed by atoms with Gasteiger partial charge in [-0.25, -0.2) is 17.9 Å². The van der Waals surface area contributed by atoms with E-state index in [0.29, 0.717) is 35.9 Å². The number of aryl methyl sites for hydroxylation is 1. The van der Waals surface area contributed by atoms with E-state index in [0.717, 1.165) is 6.07 Å². The fourth-order valence-electron chi connectivity index (χ4n) is 3.10. The van der Waals surface area contributed by atoms with Crippen LogP contribution in [0, 0.1) is 17.1 Å². The molecule has 140 valence electrons. The smallest absolute Gasteiger partial charge is 0.220 e. The van der Waals surface area contributed by atoms with Crippen molar-refractivity contribution in [1.82, 2.24) is 9.78 Å². The summed E-state index contributed by atoms with van der Waals surface area (Å²) in [5.74, 6) is -0.755. The number of unbranched alkanes of at least 4 members (excludes halogenated alkanes) is 1. The lowest BCUT2D eigenvalue weighted by molar-refractivity contribution is 0.577. The van der Waals surface area contributed by atoms with Crippen molar-refractivity contribution in [3.05, 3.63) is 64.6 Å². The second-order valence-electron chi connectivity index (χ2n) is 6.05. The van der Waals surface area contributed by atoms with Crippen LogP contribution in [0.25, 0.3) is 10.9 Å². The Labute approximate surface area is 161 Å². The number of rotatable bonds is 6. The van der Waals surface area contributed by atoms with Gasteiger partial charge in [0.1, 0.15) is 11.1 Å². The molecule has 0 spiro atoms. The number of hydrogen-bond acceptors (Lipinski definition) is 4. The van der Waals surface area contributed by atoms with Crippen LogP contribution in [-0.4, -0.2) is 18.2 Å². The summed E-state index contributed by atoms with van der Waals surface area (Å²) in [6.45, 7) is 0.425. The molecule has 9 heteroatoms. The molecule has 2 aromatic carbocycles. The maximum Gasteiger partial charge on any atom is 0.220 e. The summed E-state index contributed by atoms with van der Waals surface area (Å²) in [4.78, 5) is 0. The first-order valence-electron chi connectivity index (χ1n) is 8.11. The van der Waals surface area contributed by atoms with E-state index < -0.39 is 21.1 Å². The first-order chi connectivity index (χ1) is 12.8. The van der Waals surface area contributed by atoms with Crippen LogP contribution >= 0.6 is 11.6 Å². The molecule has 0 amide bonds. The van der Waals surface area contributed by atoms with Gasteiger partial charge in [0.05, 0.1) is 17.8 Å². The molecule has 1 heterocycles. The highest BCUT2D eigenvalue weighted by atomic mass is 35.5. The summed E-state index contributed by atoms with van der Waals surface area (Å²) in [5, 5.41) is 17.9. The van der Waals surface area contributed by atoms with Gasteiger partial charge < -0.3 is 0 Å². The van der Waals surface area contributed by atoms with E-state index in [1.807, 2.05) is 0 Å². The Bertz CT molecular complexity index is 1140. The molecule has 1 unspecified atom stereocenters. The minimum absolute atomic E-state index is 0.0841. The standard InChI is InChI=1S/C18H16ClFN4O2S/c19-13-6-7-14(16(20)10-13)18(27(22,25)26)15-5-3-4-12-11-23-24(17(12)15)9-2-1-8-21/h3-7,10-11,18H,1-2,9H2,(H2,22,25,26). The quantitative estimate of drug-likeness (QED) is 0.632. The number of nitriles is 1. The molecular formula is C18H16ClFN4O2S. The fourth-order valence-corrected chi connectivity index (χ4v) is 4.34. The van der Waals surface area contributed by atoms with Crippen molar-refractivity contribution in [3.8, 4) is 6.07 Å². The number of fused-ring (bicyclic) bond motifs is 1. The Balaban J connectivity index is 2.23. The van der Waals surface area contributed by atoms with Crippen LogP contribution in [-0.2, 0) is 16.6 Å². The van der Waals surface area contributed by atoms with Crippen molar-refractivity contribution in [2.24, 2.45) is 5.14 Å². The molecule has 0 saturated heterocycles. The first-order valence-corrected chi connectivity index (χ1v) is 10.1. The Kier molecular flexibility index (Phi) is 5.46. The molecule has 0 aliphatic rings. The van der Waals surface area contributed by atoms with E-state index in [1.165, 1.54) is 12.1 Å². The highest BCUT2D eigenvalue weighted by Gasteiger charge is 2.31. The molecule has 0 saturated carbocycles. The Morgan fingerprint density at radius 1 is 1.30 bits per heavy atom. The van der Waals surface area contributed by atoms with E-state index in [1.54, 1.807) is 29.1 Å². The van der Waals surface area contributed by atoms with E-state index >= 15 is 0 Å². The van der Waals surface area contributed by atoms with Crippen molar-refractivity contribution in [1.29, 1.82) is 5.26 Å². The van der Waals surface area contributed by atoms with Gasteiger partial charge in [0.15, 0.2) is 0 Å². The summed E-state index contributed by atoms with van der Waals surface area (Å²) >= 11 is 5.79. The summed E-state index contributed by atoms with van der Waals surface area (Å²) in [5.41, 5.74) is 0.786. The summed E-state index contributed by atoms with van der Waals surface area (Å²) < 4.78 is 41.0. The maximum absolute atomic E-state index is 14.5. The Hall–Kier alpha value is -2.47. The van der Waals surface area contributed by atoms with Crippen molar-refractivity contribution in [2.45, 2.75) is 24.6 Å². The van der Waals surface area contributed by atoms with Gasteiger partial charge in [-0.1, -0.05) is 35.9 Å². The number of halogens is 2. The molecule has 27 heavy (non-hydrogen) atoms. The molecule has 3 aromatic rings.